The quantitative estimate of drug-likeness (QED) is 0.813. The monoisotopic (exact) mass is 262 g/mol. The zero-order chi connectivity index (χ0) is 12.8. The first-order chi connectivity index (χ1) is 8.75. The van der Waals surface area contributed by atoms with Crippen LogP contribution in [0.1, 0.15) is 25.3 Å². The van der Waals surface area contributed by atoms with Crippen molar-refractivity contribution in [2.75, 3.05) is 6.54 Å². The van der Waals surface area contributed by atoms with Gasteiger partial charge in [0.25, 0.3) is 0 Å². The minimum Gasteiger partial charge on any atom is -0.315 e. The van der Waals surface area contributed by atoms with Gasteiger partial charge >= 0.3 is 0 Å². The zero-order valence-electron chi connectivity index (χ0n) is 10.8. The third-order valence-electron chi connectivity index (χ3n) is 2.51. The molecule has 4 nitrogen and oxygen atoms in total. The third-order valence-corrected chi connectivity index (χ3v) is 3.55. The lowest BCUT2D eigenvalue weighted by Crippen LogP contribution is -2.23. The summed E-state index contributed by atoms with van der Waals surface area (Å²) in [6.07, 6.45) is 5.65. The number of rotatable bonds is 6. The summed E-state index contributed by atoms with van der Waals surface area (Å²) >= 11 is 1.67. The molecule has 2 aromatic heterocycles. The lowest BCUT2D eigenvalue weighted by Gasteiger charge is -2.05. The Hall–Kier alpha value is -1.33. The topological polar surface area (TPSA) is 50.7 Å². The van der Waals surface area contributed by atoms with Crippen molar-refractivity contribution in [3.05, 3.63) is 29.5 Å². The summed E-state index contributed by atoms with van der Waals surface area (Å²) in [7, 11) is 0. The normalized spacial score (nSPS) is 11.1. The van der Waals surface area contributed by atoms with Crippen LogP contribution in [0.5, 0.6) is 0 Å². The molecule has 0 aliphatic carbocycles. The number of nitrogens with zero attached hydrogens (tertiary/aromatic N) is 3. The van der Waals surface area contributed by atoms with Crippen LogP contribution in [0.3, 0.4) is 0 Å². The van der Waals surface area contributed by atoms with Gasteiger partial charge in [-0.3, -0.25) is 4.98 Å². The van der Waals surface area contributed by atoms with Crippen LogP contribution in [0.25, 0.3) is 10.6 Å². The smallest absolute Gasteiger partial charge is 0.147 e. The van der Waals surface area contributed by atoms with E-state index in [0.29, 0.717) is 6.04 Å². The molecule has 0 spiro atoms. The molecule has 0 aliphatic heterocycles. The van der Waals surface area contributed by atoms with E-state index in [1.165, 1.54) is 0 Å². The van der Waals surface area contributed by atoms with E-state index in [2.05, 4.69) is 34.3 Å². The minimum atomic E-state index is 0.548. The van der Waals surface area contributed by atoms with E-state index in [9.17, 15) is 0 Å². The van der Waals surface area contributed by atoms with Gasteiger partial charge in [-0.1, -0.05) is 25.2 Å². The highest BCUT2D eigenvalue weighted by molar-refractivity contribution is 7.14. The Morgan fingerprint density at radius 1 is 1.22 bits per heavy atom. The Labute approximate surface area is 111 Å². The standard InChI is InChI=1S/C13H18N4S/c1-10(2)15-7-3-4-12-16-17-13(18-12)11-5-8-14-9-6-11/h5-6,8-10,15H,3-4,7H2,1-2H3. The van der Waals surface area contributed by atoms with Crippen LogP contribution < -0.4 is 5.32 Å². The van der Waals surface area contributed by atoms with E-state index < -0.39 is 0 Å². The van der Waals surface area contributed by atoms with Gasteiger partial charge in [0, 0.05) is 30.4 Å². The number of hydrogen-bond acceptors (Lipinski definition) is 5. The van der Waals surface area contributed by atoms with Crippen LogP contribution >= 0.6 is 11.3 Å². The Balaban J connectivity index is 1.87. The first-order valence-corrected chi connectivity index (χ1v) is 7.03. The summed E-state index contributed by atoms with van der Waals surface area (Å²) in [5.74, 6) is 0. The Morgan fingerprint density at radius 2 is 2.00 bits per heavy atom. The average Bonchev–Trinajstić information content (AvgIpc) is 2.84. The Kier molecular flexibility index (Phi) is 4.78. The first kappa shape index (κ1) is 13.1. The first-order valence-electron chi connectivity index (χ1n) is 6.22. The van der Waals surface area contributed by atoms with Crippen molar-refractivity contribution < 1.29 is 0 Å². The highest BCUT2D eigenvalue weighted by Crippen LogP contribution is 2.23. The number of nitrogens with one attached hydrogen (secondary N) is 1. The van der Waals surface area contributed by atoms with E-state index in [4.69, 9.17) is 0 Å². The Bertz CT molecular complexity index is 467. The SMILES string of the molecule is CC(C)NCCCc1nnc(-c2ccncc2)s1. The predicted molar refractivity (Wildman–Crippen MR) is 74.6 cm³/mol. The van der Waals surface area contributed by atoms with E-state index in [-0.39, 0.29) is 0 Å². The highest BCUT2D eigenvalue weighted by Gasteiger charge is 2.06. The molecule has 0 atom stereocenters. The second kappa shape index (κ2) is 6.56. The third kappa shape index (κ3) is 3.85. The predicted octanol–water partition coefficient (Wildman–Crippen LogP) is 2.53. The van der Waals surface area contributed by atoms with Gasteiger partial charge in [0.2, 0.25) is 0 Å². The zero-order valence-corrected chi connectivity index (χ0v) is 11.6. The second-order valence-corrected chi connectivity index (χ2v) is 5.51. The van der Waals surface area contributed by atoms with Crippen LogP contribution in [0.15, 0.2) is 24.5 Å². The summed E-state index contributed by atoms with van der Waals surface area (Å²) in [5, 5.41) is 13.9. The molecule has 0 fully saturated rings. The maximum Gasteiger partial charge on any atom is 0.147 e. The molecule has 0 unspecified atom stereocenters. The summed E-state index contributed by atoms with van der Waals surface area (Å²) in [6, 6.07) is 4.47. The second-order valence-electron chi connectivity index (χ2n) is 4.45. The summed E-state index contributed by atoms with van der Waals surface area (Å²) < 4.78 is 0. The number of aromatic nitrogens is 3. The van der Waals surface area contributed by atoms with Gasteiger partial charge in [-0.15, -0.1) is 10.2 Å². The fourth-order valence-corrected chi connectivity index (χ4v) is 2.48. The average molecular weight is 262 g/mol. The van der Waals surface area contributed by atoms with Gasteiger partial charge in [0.15, 0.2) is 0 Å². The molecule has 1 N–H and O–H groups in total. The van der Waals surface area contributed by atoms with Crippen molar-refractivity contribution in [1.29, 1.82) is 0 Å². The van der Waals surface area contributed by atoms with Crippen LogP contribution in [0, 0.1) is 0 Å². The number of pyridine rings is 1. The lowest BCUT2D eigenvalue weighted by molar-refractivity contribution is 0.569. The van der Waals surface area contributed by atoms with Crippen LogP contribution in [0.2, 0.25) is 0 Å². The van der Waals surface area contributed by atoms with Crippen molar-refractivity contribution in [3.8, 4) is 10.6 Å². The van der Waals surface area contributed by atoms with Gasteiger partial charge in [-0.05, 0) is 25.1 Å². The molecule has 0 saturated carbocycles. The van der Waals surface area contributed by atoms with E-state index >= 15 is 0 Å². The highest BCUT2D eigenvalue weighted by atomic mass is 32.1. The van der Waals surface area contributed by atoms with Crippen molar-refractivity contribution in [2.24, 2.45) is 0 Å². The summed E-state index contributed by atoms with van der Waals surface area (Å²) in [4.78, 5) is 4.00. The molecule has 18 heavy (non-hydrogen) atoms. The molecule has 0 radical (unpaired) electrons. The molecule has 2 heterocycles. The molecule has 0 saturated heterocycles. The van der Waals surface area contributed by atoms with Gasteiger partial charge in [0.05, 0.1) is 0 Å². The molecule has 0 aromatic carbocycles. The maximum absolute atomic E-state index is 4.23. The Morgan fingerprint density at radius 3 is 2.72 bits per heavy atom. The van der Waals surface area contributed by atoms with Crippen molar-refractivity contribution in [2.45, 2.75) is 32.7 Å². The molecular formula is C13H18N4S. The van der Waals surface area contributed by atoms with E-state index in [1.807, 2.05) is 12.1 Å². The van der Waals surface area contributed by atoms with Gasteiger partial charge < -0.3 is 5.32 Å². The van der Waals surface area contributed by atoms with Crippen LogP contribution in [0.4, 0.5) is 0 Å². The van der Waals surface area contributed by atoms with Crippen molar-refractivity contribution >= 4 is 11.3 Å². The fourth-order valence-electron chi connectivity index (χ4n) is 1.60. The molecular weight excluding hydrogens is 244 g/mol. The molecule has 5 heteroatoms. The van der Waals surface area contributed by atoms with Gasteiger partial charge in [-0.2, -0.15) is 0 Å². The molecule has 0 amide bonds. The number of aryl methyl sites for hydroxylation is 1. The van der Waals surface area contributed by atoms with Crippen molar-refractivity contribution in [1.82, 2.24) is 20.5 Å². The molecule has 2 rings (SSSR count). The van der Waals surface area contributed by atoms with Gasteiger partial charge in [0.1, 0.15) is 10.0 Å². The lowest BCUT2D eigenvalue weighted by atomic mass is 10.3. The summed E-state index contributed by atoms with van der Waals surface area (Å²) in [5.41, 5.74) is 1.09. The molecule has 0 aliphatic rings. The number of hydrogen-bond donors (Lipinski definition) is 1. The van der Waals surface area contributed by atoms with Gasteiger partial charge in [-0.25, -0.2) is 0 Å². The van der Waals surface area contributed by atoms with E-state index in [1.54, 1.807) is 23.7 Å². The fraction of sp³-hybridized carbons (Fsp3) is 0.462. The maximum atomic E-state index is 4.23. The van der Waals surface area contributed by atoms with Crippen LogP contribution in [-0.4, -0.2) is 27.8 Å². The van der Waals surface area contributed by atoms with E-state index in [0.717, 1.165) is 35.0 Å². The van der Waals surface area contributed by atoms with Crippen molar-refractivity contribution in [3.63, 3.8) is 0 Å². The minimum absolute atomic E-state index is 0.548. The largest absolute Gasteiger partial charge is 0.315 e. The molecule has 96 valence electrons. The molecule has 0 bridgehead atoms. The summed E-state index contributed by atoms with van der Waals surface area (Å²) in [6.45, 7) is 5.35. The van der Waals surface area contributed by atoms with Crippen LogP contribution in [-0.2, 0) is 6.42 Å². The molecule has 2 aromatic rings.